The summed E-state index contributed by atoms with van der Waals surface area (Å²) < 4.78 is 162. The Morgan fingerprint density at radius 3 is 0.868 bits per heavy atom. The smallest absolute Gasteiger partial charge is 0.416 e. The van der Waals surface area contributed by atoms with Gasteiger partial charge in [0.25, 0.3) is 0 Å². The molecule has 0 bridgehead atoms. The molecule has 17 heteroatoms. The number of benzene rings is 2. The van der Waals surface area contributed by atoms with Gasteiger partial charge in [-0.2, -0.15) is 52.7 Å². The van der Waals surface area contributed by atoms with Crippen molar-refractivity contribution in [2.75, 3.05) is 0 Å². The minimum atomic E-state index is -5.83. The third kappa shape index (κ3) is 6.02. The molecule has 0 saturated carbocycles. The second kappa shape index (κ2) is 9.83. The normalized spacial score (nSPS) is 14.6. The molecule has 0 aliphatic heterocycles. The lowest BCUT2D eigenvalue weighted by Gasteiger charge is -2.27. The van der Waals surface area contributed by atoms with Crippen LogP contribution in [0.25, 0.3) is 0 Å². The fourth-order valence-electron chi connectivity index (χ4n) is 3.68. The van der Waals surface area contributed by atoms with Crippen molar-refractivity contribution in [1.29, 1.82) is 0 Å². The maximum Gasteiger partial charge on any atom is 0.416 e. The van der Waals surface area contributed by atoms with Crippen LogP contribution in [0.1, 0.15) is 45.2 Å². The van der Waals surface area contributed by atoms with Crippen LogP contribution in [0.2, 0.25) is 0 Å². The van der Waals surface area contributed by atoms with Crippen LogP contribution in [0.15, 0.2) is 36.4 Å². The first-order valence-electron chi connectivity index (χ1n) is 9.55. The average molecular weight is 570 g/mol. The topological polar surface area (TPSA) is 91.7 Å². The lowest BCUT2D eigenvalue weighted by atomic mass is 9.77. The molecular weight excluding hydrogens is 560 g/mol. The SMILES string of the molecule is O=C(O)C(C(=O)C(C(=O)O)c1c(C(F)(F)F)cccc1C(F)(F)F)c1c(C(F)(F)F)cccc1C(F)(F)F. The second-order valence-electron chi connectivity index (χ2n) is 7.47. The van der Waals surface area contributed by atoms with E-state index in [1.807, 2.05) is 0 Å². The number of carbonyl (C=O) groups excluding carboxylic acids is 1. The molecule has 2 N–H and O–H groups in total. The van der Waals surface area contributed by atoms with Crippen molar-refractivity contribution >= 4 is 17.7 Å². The van der Waals surface area contributed by atoms with Gasteiger partial charge >= 0.3 is 36.6 Å². The molecule has 0 fully saturated rings. The fraction of sp³-hybridized carbons (Fsp3) is 0.286. The van der Waals surface area contributed by atoms with E-state index >= 15 is 0 Å². The molecule has 2 unspecified atom stereocenters. The van der Waals surface area contributed by atoms with Gasteiger partial charge < -0.3 is 10.2 Å². The van der Waals surface area contributed by atoms with Gasteiger partial charge in [-0.3, -0.25) is 14.4 Å². The van der Waals surface area contributed by atoms with E-state index in [0.29, 0.717) is 0 Å². The van der Waals surface area contributed by atoms with Crippen LogP contribution in [0.3, 0.4) is 0 Å². The maximum atomic E-state index is 13.5. The van der Waals surface area contributed by atoms with Gasteiger partial charge in [-0.15, -0.1) is 0 Å². The molecule has 2 rings (SSSR count). The zero-order valence-electron chi connectivity index (χ0n) is 17.8. The Balaban J connectivity index is 3.06. The first kappa shape index (κ1) is 30.4. The molecule has 2 aromatic rings. The number of carboxylic acids is 2. The van der Waals surface area contributed by atoms with Crippen molar-refractivity contribution in [1.82, 2.24) is 0 Å². The maximum absolute atomic E-state index is 13.5. The lowest BCUT2D eigenvalue weighted by molar-refractivity contribution is -0.149. The van der Waals surface area contributed by atoms with E-state index in [-0.39, 0.29) is 36.4 Å². The van der Waals surface area contributed by atoms with E-state index in [2.05, 4.69) is 0 Å². The number of hydrogen-bond acceptors (Lipinski definition) is 3. The molecule has 0 saturated heterocycles. The summed E-state index contributed by atoms with van der Waals surface area (Å²) in [6, 6.07) is -0.229. The van der Waals surface area contributed by atoms with Gasteiger partial charge in [0, 0.05) is 0 Å². The van der Waals surface area contributed by atoms with E-state index in [4.69, 9.17) is 0 Å². The summed E-state index contributed by atoms with van der Waals surface area (Å²) in [4.78, 5) is 36.7. The molecule has 208 valence electrons. The molecule has 2 aromatic carbocycles. The average Bonchev–Trinajstić information content (AvgIpc) is 2.70. The van der Waals surface area contributed by atoms with Gasteiger partial charge in [-0.25, -0.2) is 0 Å². The number of hydrogen-bond donors (Lipinski definition) is 2. The van der Waals surface area contributed by atoms with E-state index < -0.39 is 87.6 Å². The minimum Gasteiger partial charge on any atom is -0.480 e. The lowest BCUT2D eigenvalue weighted by Crippen LogP contribution is -2.36. The highest BCUT2D eigenvalue weighted by Crippen LogP contribution is 2.47. The molecule has 0 heterocycles. The van der Waals surface area contributed by atoms with Crippen LogP contribution in [0.5, 0.6) is 0 Å². The molecule has 0 radical (unpaired) electrons. The van der Waals surface area contributed by atoms with Crippen molar-refractivity contribution in [3.63, 3.8) is 0 Å². The number of Topliss-reactive ketones (excluding diaryl/α,β-unsaturated/α-hetero) is 1. The van der Waals surface area contributed by atoms with Crippen molar-refractivity contribution < 1.29 is 77.3 Å². The number of carbonyl (C=O) groups is 3. The first-order valence-corrected chi connectivity index (χ1v) is 9.55. The van der Waals surface area contributed by atoms with Crippen LogP contribution in [0.4, 0.5) is 52.7 Å². The van der Waals surface area contributed by atoms with Crippen molar-refractivity contribution in [2.45, 2.75) is 36.5 Å². The molecular formula is C21H10F12O5. The van der Waals surface area contributed by atoms with Gasteiger partial charge in [0.1, 0.15) is 11.8 Å². The predicted octanol–water partition coefficient (Wildman–Crippen LogP) is 6.37. The largest absolute Gasteiger partial charge is 0.480 e. The number of ketones is 1. The van der Waals surface area contributed by atoms with Gasteiger partial charge in [0.15, 0.2) is 5.78 Å². The second-order valence-corrected chi connectivity index (χ2v) is 7.47. The Kier molecular flexibility index (Phi) is 7.87. The monoisotopic (exact) mass is 570 g/mol. The van der Waals surface area contributed by atoms with Gasteiger partial charge in [0.05, 0.1) is 22.3 Å². The quantitative estimate of drug-likeness (QED) is 0.311. The van der Waals surface area contributed by atoms with Crippen LogP contribution < -0.4 is 0 Å². The Bertz CT molecular complexity index is 1100. The van der Waals surface area contributed by atoms with Crippen LogP contribution in [0, 0.1) is 0 Å². The first-order chi connectivity index (χ1) is 17.0. The summed E-state index contributed by atoms with van der Waals surface area (Å²) in [6.07, 6.45) is -23.3. The minimum absolute atomic E-state index is 0.131. The summed E-state index contributed by atoms with van der Waals surface area (Å²) >= 11 is 0. The van der Waals surface area contributed by atoms with Crippen molar-refractivity contribution in [3.05, 3.63) is 69.8 Å². The number of alkyl halides is 12. The number of carboxylic acid groups (broad SMARTS) is 2. The highest BCUT2D eigenvalue weighted by molar-refractivity contribution is 6.15. The zero-order chi connectivity index (χ0) is 29.6. The molecule has 0 aliphatic rings. The molecule has 2 atom stereocenters. The number of rotatable bonds is 6. The number of aliphatic carboxylic acids is 2. The van der Waals surface area contributed by atoms with Crippen molar-refractivity contribution in [2.24, 2.45) is 0 Å². The molecule has 0 aliphatic carbocycles. The van der Waals surface area contributed by atoms with E-state index in [9.17, 15) is 77.3 Å². The van der Waals surface area contributed by atoms with Gasteiger partial charge in [-0.1, -0.05) is 12.1 Å². The van der Waals surface area contributed by atoms with Crippen LogP contribution >= 0.6 is 0 Å². The molecule has 38 heavy (non-hydrogen) atoms. The van der Waals surface area contributed by atoms with Crippen molar-refractivity contribution in [3.8, 4) is 0 Å². The van der Waals surface area contributed by atoms with Crippen LogP contribution in [-0.4, -0.2) is 27.9 Å². The highest BCUT2D eigenvalue weighted by atomic mass is 19.4. The Morgan fingerprint density at radius 1 is 0.500 bits per heavy atom. The van der Waals surface area contributed by atoms with Crippen LogP contribution in [-0.2, 0) is 39.1 Å². The van der Waals surface area contributed by atoms with E-state index in [1.165, 1.54) is 0 Å². The summed E-state index contributed by atoms with van der Waals surface area (Å²) in [5, 5.41) is 18.8. The summed E-state index contributed by atoms with van der Waals surface area (Å²) in [5.74, 6) is -16.3. The zero-order valence-corrected chi connectivity index (χ0v) is 17.8. The standard InChI is InChI=1S/C21H10F12O5/c22-18(23,24)7-3-1-4-8(19(25,26)27)11(7)13(16(35)36)15(34)14(17(37)38)12-9(20(28,29)30)5-2-6-10(12)21(31,32)33/h1-6,13-14H,(H,35,36)(H,37,38). The third-order valence-electron chi connectivity index (χ3n) is 5.07. The highest BCUT2D eigenvalue weighted by Gasteiger charge is 2.52. The third-order valence-corrected chi connectivity index (χ3v) is 5.07. The molecule has 0 amide bonds. The molecule has 0 aromatic heterocycles. The number of halogens is 12. The Hall–Kier alpha value is -3.79. The van der Waals surface area contributed by atoms with Gasteiger partial charge in [-0.05, 0) is 35.4 Å². The summed E-state index contributed by atoms with van der Waals surface area (Å²) in [5.41, 5.74) is -14.5. The van der Waals surface area contributed by atoms with E-state index in [1.54, 1.807) is 0 Å². The Morgan fingerprint density at radius 2 is 0.711 bits per heavy atom. The molecule has 5 nitrogen and oxygen atoms in total. The summed E-state index contributed by atoms with van der Waals surface area (Å²) in [6.45, 7) is 0. The predicted molar refractivity (Wildman–Crippen MR) is 98.7 cm³/mol. The fourth-order valence-corrected chi connectivity index (χ4v) is 3.68. The van der Waals surface area contributed by atoms with Gasteiger partial charge in [0.2, 0.25) is 0 Å². The van der Waals surface area contributed by atoms with E-state index in [0.717, 1.165) is 0 Å². The molecule has 0 spiro atoms. The Labute approximate surface area is 202 Å². The summed E-state index contributed by atoms with van der Waals surface area (Å²) in [7, 11) is 0.